The van der Waals surface area contributed by atoms with Gasteiger partial charge in [-0.05, 0) is 62.6 Å². The molecule has 1 fully saturated rings. The highest BCUT2D eigenvalue weighted by Crippen LogP contribution is 2.22. The Hall–Kier alpha value is -2.38. The van der Waals surface area contributed by atoms with E-state index in [1.807, 2.05) is 32.0 Å². The first-order valence-corrected chi connectivity index (χ1v) is 10.9. The zero-order valence-electron chi connectivity index (χ0n) is 16.3. The van der Waals surface area contributed by atoms with Crippen LogP contribution in [0.2, 0.25) is 0 Å². The van der Waals surface area contributed by atoms with Gasteiger partial charge in [-0.3, -0.25) is 4.79 Å². The van der Waals surface area contributed by atoms with Gasteiger partial charge in [0.15, 0.2) is 0 Å². The van der Waals surface area contributed by atoms with Crippen molar-refractivity contribution < 1.29 is 17.9 Å². The van der Waals surface area contributed by atoms with Crippen molar-refractivity contribution in [1.29, 1.82) is 0 Å². The molecule has 0 spiro atoms. The lowest BCUT2D eigenvalue weighted by Crippen LogP contribution is -2.28. The number of ether oxygens (including phenoxy) is 1. The van der Waals surface area contributed by atoms with Gasteiger partial charge in [-0.25, -0.2) is 8.42 Å². The second-order valence-corrected chi connectivity index (χ2v) is 8.94. The summed E-state index contributed by atoms with van der Waals surface area (Å²) >= 11 is 0. The van der Waals surface area contributed by atoms with Crippen LogP contribution in [0, 0.1) is 13.8 Å². The highest BCUT2D eigenvalue weighted by Gasteiger charge is 2.26. The van der Waals surface area contributed by atoms with Crippen LogP contribution in [0.1, 0.15) is 34.3 Å². The Morgan fingerprint density at radius 1 is 1.07 bits per heavy atom. The third kappa shape index (κ3) is 4.72. The highest BCUT2D eigenvalue weighted by atomic mass is 32.2. The summed E-state index contributed by atoms with van der Waals surface area (Å²) in [6, 6.07) is 12.2. The smallest absolute Gasteiger partial charge is 0.251 e. The Kier molecular flexibility index (Phi) is 6.36. The van der Waals surface area contributed by atoms with Crippen molar-refractivity contribution in [2.45, 2.75) is 31.6 Å². The van der Waals surface area contributed by atoms with Gasteiger partial charge < -0.3 is 10.1 Å². The van der Waals surface area contributed by atoms with Crippen LogP contribution < -0.4 is 10.1 Å². The van der Waals surface area contributed by atoms with Gasteiger partial charge >= 0.3 is 0 Å². The normalized spacial score (nSPS) is 14.8. The van der Waals surface area contributed by atoms with Gasteiger partial charge in [0.2, 0.25) is 10.0 Å². The molecule has 2 aromatic carbocycles. The minimum Gasteiger partial charge on any atom is -0.492 e. The van der Waals surface area contributed by atoms with E-state index in [4.69, 9.17) is 4.74 Å². The van der Waals surface area contributed by atoms with Crippen molar-refractivity contribution in [3.63, 3.8) is 0 Å². The predicted octanol–water partition coefficient (Wildman–Crippen LogP) is 2.90. The summed E-state index contributed by atoms with van der Waals surface area (Å²) in [5, 5.41) is 2.84. The molecule has 0 saturated carbocycles. The molecule has 6 nitrogen and oxygen atoms in total. The van der Waals surface area contributed by atoms with Crippen molar-refractivity contribution in [2.75, 3.05) is 26.2 Å². The van der Waals surface area contributed by atoms with Crippen molar-refractivity contribution in [1.82, 2.24) is 9.62 Å². The summed E-state index contributed by atoms with van der Waals surface area (Å²) in [6.07, 6.45) is 1.82. The third-order valence-electron chi connectivity index (χ3n) is 4.82. The Labute approximate surface area is 166 Å². The molecule has 7 heteroatoms. The van der Waals surface area contributed by atoms with Crippen molar-refractivity contribution in [3.8, 4) is 5.75 Å². The molecular formula is C21H26N2O4S. The molecule has 1 N–H and O–H groups in total. The fourth-order valence-electron chi connectivity index (χ4n) is 3.19. The van der Waals surface area contributed by atoms with Gasteiger partial charge in [-0.15, -0.1) is 0 Å². The fourth-order valence-corrected chi connectivity index (χ4v) is 4.71. The minimum absolute atomic E-state index is 0.128. The van der Waals surface area contributed by atoms with Gasteiger partial charge in [-0.2, -0.15) is 4.31 Å². The van der Waals surface area contributed by atoms with E-state index in [-0.39, 0.29) is 10.8 Å². The molecule has 0 aliphatic carbocycles. The number of hydrogen-bond acceptors (Lipinski definition) is 4. The summed E-state index contributed by atoms with van der Waals surface area (Å²) in [7, 11) is -3.41. The molecule has 2 aromatic rings. The van der Waals surface area contributed by atoms with Crippen molar-refractivity contribution >= 4 is 15.9 Å². The van der Waals surface area contributed by atoms with E-state index in [0.29, 0.717) is 37.6 Å². The molecular weight excluding hydrogens is 376 g/mol. The third-order valence-corrected chi connectivity index (χ3v) is 6.73. The molecule has 0 radical (unpaired) electrons. The first-order chi connectivity index (χ1) is 13.4. The summed E-state index contributed by atoms with van der Waals surface area (Å²) in [5.41, 5.74) is 2.63. The number of carbonyl (C=O) groups excluding carboxylic acids is 1. The minimum atomic E-state index is -3.41. The maximum Gasteiger partial charge on any atom is 0.251 e. The Balaban J connectivity index is 1.50. The molecule has 0 unspecified atom stereocenters. The number of aryl methyl sites for hydroxylation is 2. The van der Waals surface area contributed by atoms with E-state index in [0.717, 1.165) is 24.0 Å². The molecule has 28 heavy (non-hydrogen) atoms. The topological polar surface area (TPSA) is 75.7 Å². The molecule has 0 atom stereocenters. The molecule has 0 bridgehead atoms. The number of sulfonamides is 1. The Morgan fingerprint density at radius 2 is 1.75 bits per heavy atom. The SMILES string of the molecule is Cc1ccc(C)c(C(=O)NCCOc2ccc(S(=O)(=O)N3CCCC3)cc2)c1. The molecule has 1 saturated heterocycles. The van der Waals surface area contributed by atoms with E-state index >= 15 is 0 Å². The van der Waals surface area contributed by atoms with E-state index in [1.54, 1.807) is 24.3 Å². The molecule has 150 valence electrons. The second-order valence-electron chi connectivity index (χ2n) is 7.01. The lowest BCUT2D eigenvalue weighted by atomic mass is 10.1. The number of nitrogens with one attached hydrogen (secondary N) is 1. The van der Waals surface area contributed by atoms with Gasteiger partial charge in [0.05, 0.1) is 11.4 Å². The summed E-state index contributed by atoms with van der Waals surface area (Å²) in [5.74, 6) is 0.443. The highest BCUT2D eigenvalue weighted by molar-refractivity contribution is 7.89. The number of nitrogens with zero attached hydrogens (tertiary/aromatic N) is 1. The molecule has 1 aliphatic heterocycles. The number of hydrogen-bond donors (Lipinski definition) is 1. The Bertz CT molecular complexity index is 933. The van der Waals surface area contributed by atoms with Crippen LogP contribution in [0.15, 0.2) is 47.4 Å². The van der Waals surface area contributed by atoms with Gasteiger partial charge in [-0.1, -0.05) is 17.7 Å². The van der Waals surface area contributed by atoms with Gasteiger partial charge in [0, 0.05) is 18.7 Å². The molecule has 0 aromatic heterocycles. The maximum atomic E-state index is 12.5. The van der Waals surface area contributed by atoms with Crippen LogP contribution in [0.5, 0.6) is 5.75 Å². The van der Waals surface area contributed by atoms with E-state index < -0.39 is 10.0 Å². The molecule has 1 aliphatic rings. The maximum absolute atomic E-state index is 12.5. The first-order valence-electron chi connectivity index (χ1n) is 9.46. The van der Waals surface area contributed by atoms with Crippen LogP contribution in [0.4, 0.5) is 0 Å². The van der Waals surface area contributed by atoms with Crippen LogP contribution >= 0.6 is 0 Å². The van der Waals surface area contributed by atoms with Crippen LogP contribution in [-0.4, -0.2) is 44.9 Å². The number of rotatable bonds is 7. The van der Waals surface area contributed by atoms with E-state index in [2.05, 4.69) is 5.32 Å². The lowest BCUT2D eigenvalue weighted by Gasteiger charge is -2.15. The molecule has 1 amide bonds. The standard InChI is InChI=1S/C21H26N2O4S/c1-16-5-6-17(2)20(15-16)21(24)22-11-14-27-18-7-9-19(10-8-18)28(25,26)23-12-3-4-13-23/h5-10,15H,3-4,11-14H2,1-2H3,(H,22,24). The quantitative estimate of drug-likeness (QED) is 0.723. The summed E-state index contributed by atoms with van der Waals surface area (Å²) in [4.78, 5) is 12.6. The summed E-state index contributed by atoms with van der Waals surface area (Å²) in [6.45, 7) is 5.69. The van der Waals surface area contributed by atoms with E-state index in [9.17, 15) is 13.2 Å². The van der Waals surface area contributed by atoms with Crippen LogP contribution in [-0.2, 0) is 10.0 Å². The van der Waals surface area contributed by atoms with Crippen molar-refractivity contribution in [2.24, 2.45) is 0 Å². The molecule has 1 heterocycles. The van der Waals surface area contributed by atoms with Gasteiger partial charge in [0.1, 0.15) is 12.4 Å². The van der Waals surface area contributed by atoms with Crippen molar-refractivity contribution in [3.05, 3.63) is 59.2 Å². The molecule has 3 rings (SSSR count). The monoisotopic (exact) mass is 402 g/mol. The fraction of sp³-hybridized carbons (Fsp3) is 0.381. The zero-order chi connectivity index (χ0) is 20.1. The lowest BCUT2D eigenvalue weighted by molar-refractivity contribution is 0.0946. The average Bonchev–Trinajstić information content (AvgIpc) is 3.23. The largest absolute Gasteiger partial charge is 0.492 e. The van der Waals surface area contributed by atoms with Crippen LogP contribution in [0.25, 0.3) is 0 Å². The average molecular weight is 403 g/mol. The number of benzene rings is 2. The zero-order valence-corrected chi connectivity index (χ0v) is 17.1. The van der Waals surface area contributed by atoms with E-state index in [1.165, 1.54) is 4.31 Å². The first kappa shape index (κ1) is 20.4. The second kappa shape index (κ2) is 8.75. The van der Waals surface area contributed by atoms with Crippen LogP contribution in [0.3, 0.4) is 0 Å². The Morgan fingerprint density at radius 3 is 2.43 bits per heavy atom. The predicted molar refractivity (Wildman–Crippen MR) is 108 cm³/mol. The number of carbonyl (C=O) groups is 1. The number of amides is 1. The summed E-state index contributed by atoms with van der Waals surface area (Å²) < 4.78 is 32.1. The van der Waals surface area contributed by atoms with Gasteiger partial charge in [0.25, 0.3) is 5.91 Å².